The molecular weight excluding hydrogens is 452 g/mol. The summed E-state index contributed by atoms with van der Waals surface area (Å²) in [6.07, 6.45) is 5.64. The van der Waals surface area contributed by atoms with Gasteiger partial charge in [0.2, 0.25) is 0 Å². The maximum atomic E-state index is 12.0. The molecular formula is C22H34N2O6S2. The van der Waals surface area contributed by atoms with Gasteiger partial charge in [-0.25, -0.2) is 9.59 Å². The molecule has 0 aliphatic heterocycles. The number of rotatable bonds is 16. The average molecular weight is 487 g/mol. The molecule has 0 radical (unpaired) electrons. The second kappa shape index (κ2) is 16.7. The lowest BCUT2D eigenvalue weighted by atomic mass is 9.81. The van der Waals surface area contributed by atoms with Crippen molar-refractivity contribution >= 4 is 39.6 Å². The zero-order chi connectivity index (χ0) is 23.7. The first-order valence-electron chi connectivity index (χ1n) is 10.8. The molecule has 1 aromatic rings. The predicted molar refractivity (Wildman–Crippen MR) is 128 cm³/mol. The van der Waals surface area contributed by atoms with Gasteiger partial charge in [-0.15, -0.1) is 0 Å². The number of unbranched alkanes of at least 4 members (excludes halogenated alkanes) is 1. The van der Waals surface area contributed by atoms with Crippen molar-refractivity contribution in [3.05, 3.63) is 30.1 Å². The van der Waals surface area contributed by atoms with Crippen LogP contribution in [-0.2, 0) is 19.0 Å². The lowest BCUT2D eigenvalue weighted by molar-refractivity contribution is -0.145. The number of aromatic nitrogens is 1. The largest absolute Gasteiger partial charge is 0.466 e. The molecule has 8 nitrogen and oxygen atoms in total. The van der Waals surface area contributed by atoms with Crippen molar-refractivity contribution in [2.24, 2.45) is 5.41 Å². The first kappa shape index (κ1) is 28.1. The van der Waals surface area contributed by atoms with Gasteiger partial charge in [-0.05, 0) is 30.9 Å². The van der Waals surface area contributed by atoms with Gasteiger partial charge in [0.15, 0.2) is 0 Å². The highest BCUT2D eigenvalue weighted by Crippen LogP contribution is 2.28. The fraction of sp³-hybridized carbons (Fsp3) is 0.636. The van der Waals surface area contributed by atoms with E-state index in [9.17, 15) is 14.4 Å². The minimum Gasteiger partial charge on any atom is -0.466 e. The first-order chi connectivity index (χ1) is 15.4. The second-order valence-corrected chi connectivity index (χ2v) is 10.1. The Bertz CT molecular complexity index is 692. The van der Waals surface area contributed by atoms with Gasteiger partial charge in [0.05, 0.1) is 18.6 Å². The number of hydrogen-bond acceptors (Lipinski definition) is 9. The van der Waals surface area contributed by atoms with Gasteiger partial charge in [0.25, 0.3) is 0 Å². The van der Waals surface area contributed by atoms with E-state index in [1.165, 1.54) is 17.0 Å². The standard InChI is InChI=1S/C22H34N2O6S2/c1-4-6-9-22(3,15-19(25)28-5-2)17-24-21(27)30-12-14-32-31-13-11-29-20(26)18-8-7-10-23-16-18/h7-8,10,16H,4-6,9,11-15,17H2,1-3H3,(H,24,27). The fourth-order valence-electron chi connectivity index (χ4n) is 2.76. The van der Waals surface area contributed by atoms with Gasteiger partial charge in [-0.3, -0.25) is 9.78 Å². The van der Waals surface area contributed by atoms with E-state index >= 15 is 0 Å². The molecule has 0 aromatic carbocycles. The van der Waals surface area contributed by atoms with E-state index in [1.807, 2.05) is 6.92 Å². The van der Waals surface area contributed by atoms with Crippen LogP contribution in [0.25, 0.3) is 0 Å². The molecule has 0 bridgehead atoms. The molecule has 1 amide bonds. The number of pyridine rings is 1. The Morgan fingerprint density at radius 1 is 1.09 bits per heavy atom. The SMILES string of the molecule is CCCCC(C)(CNC(=O)OCCSSCCOC(=O)c1cccnc1)CC(=O)OCC. The second-order valence-electron chi connectivity index (χ2n) is 7.41. The van der Waals surface area contributed by atoms with Crippen LogP contribution >= 0.6 is 21.6 Å². The molecule has 0 aliphatic carbocycles. The number of hydrogen-bond donors (Lipinski definition) is 1. The van der Waals surface area contributed by atoms with Crippen molar-refractivity contribution in [2.45, 2.75) is 46.5 Å². The summed E-state index contributed by atoms with van der Waals surface area (Å²) in [5, 5.41) is 2.77. The van der Waals surface area contributed by atoms with E-state index in [0.29, 0.717) is 36.8 Å². The van der Waals surface area contributed by atoms with Crippen molar-refractivity contribution in [2.75, 3.05) is 37.9 Å². The van der Waals surface area contributed by atoms with Gasteiger partial charge < -0.3 is 19.5 Å². The van der Waals surface area contributed by atoms with E-state index in [1.54, 1.807) is 36.0 Å². The highest BCUT2D eigenvalue weighted by atomic mass is 33.1. The minimum atomic E-state index is -0.493. The van der Waals surface area contributed by atoms with E-state index < -0.39 is 12.1 Å². The molecule has 10 heteroatoms. The third-order valence-electron chi connectivity index (χ3n) is 4.45. The van der Waals surface area contributed by atoms with E-state index in [-0.39, 0.29) is 24.4 Å². The summed E-state index contributed by atoms with van der Waals surface area (Å²) < 4.78 is 15.4. The Labute approximate surface area is 198 Å². The van der Waals surface area contributed by atoms with Gasteiger partial charge >= 0.3 is 18.0 Å². The summed E-state index contributed by atoms with van der Waals surface area (Å²) in [5.41, 5.74) is 0.0664. The number of amides is 1. The van der Waals surface area contributed by atoms with Crippen LogP contribution in [0.15, 0.2) is 24.5 Å². The van der Waals surface area contributed by atoms with Crippen LogP contribution in [0.2, 0.25) is 0 Å². The van der Waals surface area contributed by atoms with Crippen LogP contribution in [0.3, 0.4) is 0 Å². The maximum absolute atomic E-state index is 12.0. The van der Waals surface area contributed by atoms with Crippen LogP contribution in [0.5, 0.6) is 0 Å². The van der Waals surface area contributed by atoms with Crippen molar-refractivity contribution in [1.82, 2.24) is 10.3 Å². The van der Waals surface area contributed by atoms with Crippen LogP contribution in [0.1, 0.15) is 56.8 Å². The predicted octanol–water partition coefficient (Wildman–Crippen LogP) is 4.50. The third kappa shape index (κ3) is 12.8. The summed E-state index contributed by atoms with van der Waals surface area (Å²) in [6.45, 7) is 7.12. The third-order valence-corrected chi connectivity index (χ3v) is 6.78. The molecule has 0 saturated carbocycles. The molecule has 0 fully saturated rings. The summed E-state index contributed by atoms with van der Waals surface area (Å²) in [7, 11) is 3.08. The topological polar surface area (TPSA) is 104 Å². The van der Waals surface area contributed by atoms with Crippen LogP contribution in [0, 0.1) is 5.41 Å². The number of esters is 2. The van der Waals surface area contributed by atoms with E-state index in [0.717, 1.165) is 19.3 Å². The fourth-order valence-corrected chi connectivity index (χ4v) is 4.42. The van der Waals surface area contributed by atoms with Gasteiger partial charge in [0, 0.05) is 30.4 Å². The lowest BCUT2D eigenvalue weighted by Gasteiger charge is -2.28. The number of nitrogens with one attached hydrogen (secondary N) is 1. The molecule has 180 valence electrons. The first-order valence-corrected chi connectivity index (χ1v) is 13.3. The normalized spacial score (nSPS) is 12.5. The monoisotopic (exact) mass is 486 g/mol. The average Bonchev–Trinajstić information content (AvgIpc) is 2.78. The molecule has 1 unspecified atom stereocenters. The van der Waals surface area contributed by atoms with Crippen molar-refractivity contribution in [3.63, 3.8) is 0 Å². The number of carbonyl (C=O) groups is 3. The molecule has 1 atom stereocenters. The molecule has 0 saturated heterocycles. The summed E-state index contributed by atoms with van der Waals surface area (Å²) in [4.78, 5) is 39.5. The van der Waals surface area contributed by atoms with Crippen LogP contribution in [-0.4, -0.2) is 60.9 Å². The Balaban J connectivity index is 2.14. The molecule has 0 aliphatic rings. The molecule has 0 spiro atoms. The Hall–Kier alpha value is -1.94. The lowest BCUT2D eigenvalue weighted by Crippen LogP contribution is -2.38. The van der Waals surface area contributed by atoms with Crippen molar-refractivity contribution in [3.8, 4) is 0 Å². The number of nitrogens with zero attached hydrogens (tertiary/aromatic N) is 1. The van der Waals surface area contributed by atoms with E-state index in [4.69, 9.17) is 14.2 Å². The number of carbonyl (C=O) groups excluding carboxylic acids is 3. The summed E-state index contributed by atoms with van der Waals surface area (Å²) in [5.74, 6) is 0.607. The Morgan fingerprint density at radius 3 is 2.44 bits per heavy atom. The quantitative estimate of drug-likeness (QED) is 0.157. The molecule has 1 rings (SSSR count). The van der Waals surface area contributed by atoms with Gasteiger partial charge in [-0.1, -0.05) is 48.3 Å². The van der Waals surface area contributed by atoms with Crippen LogP contribution < -0.4 is 5.32 Å². The zero-order valence-electron chi connectivity index (χ0n) is 19.1. The Morgan fingerprint density at radius 2 is 1.81 bits per heavy atom. The van der Waals surface area contributed by atoms with Gasteiger partial charge in [0.1, 0.15) is 13.2 Å². The number of alkyl carbamates (subject to hydrolysis) is 1. The minimum absolute atomic E-state index is 0.249. The number of ether oxygens (including phenoxy) is 3. The highest BCUT2D eigenvalue weighted by Gasteiger charge is 2.28. The molecule has 1 heterocycles. The summed E-state index contributed by atoms with van der Waals surface area (Å²) >= 11 is 0. The molecule has 32 heavy (non-hydrogen) atoms. The highest BCUT2D eigenvalue weighted by molar-refractivity contribution is 8.76. The van der Waals surface area contributed by atoms with Crippen molar-refractivity contribution in [1.29, 1.82) is 0 Å². The molecule has 1 N–H and O–H groups in total. The van der Waals surface area contributed by atoms with Crippen molar-refractivity contribution < 1.29 is 28.6 Å². The van der Waals surface area contributed by atoms with Gasteiger partial charge in [-0.2, -0.15) is 0 Å². The molecule has 1 aromatic heterocycles. The maximum Gasteiger partial charge on any atom is 0.407 e. The Kier molecular flexibility index (Phi) is 14.6. The van der Waals surface area contributed by atoms with Crippen LogP contribution in [0.4, 0.5) is 4.79 Å². The zero-order valence-corrected chi connectivity index (χ0v) is 20.7. The smallest absolute Gasteiger partial charge is 0.407 e. The summed E-state index contributed by atoms with van der Waals surface area (Å²) in [6, 6.07) is 3.34. The van der Waals surface area contributed by atoms with E-state index in [2.05, 4.69) is 17.2 Å².